The van der Waals surface area contributed by atoms with Crippen molar-refractivity contribution in [1.29, 1.82) is 0 Å². The average Bonchev–Trinajstić information content (AvgIpc) is 2.75. The van der Waals surface area contributed by atoms with E-state index in [0.717, 1.165) is 0 Å². The summed E-state index contributed by atoms with van der Waals surface area (Å²) in [6.07, 6.45) is 3.23. The number of carbonyl (C=O) groups is 3. The zero-order valence-electron chi connectivity index (χ0n) is 8.36. The van der Waals surface area contributed by atoms with Crippen molar-refractivity contribution in [3.05, 3.63) is 24.2 Å². The van der Waals surface area contributed by atoms with Gasteiger partial charge in [-0.05, 0) is 12.5 Å². The first-order chi connectivity index (χ1) is 7.66. The monoisotopic (exact) mass is 222 g/mol. The van der Waals surface area contributed by atoms with Gasteiger partial charge in [0.2, 0.25) is 11.8 Å². The van der Waals surface area contributed by atoms with Crippen LogP contribution in [-0.4, -0.2) is 23.8 Å². The topological polar surface area (TPSA) is 88.4 Å². The molecule has 1 atom stereocenters. The van der Waals surface area contributed by atoms with Crippen LogP contribution in [0.25, 0.3) is 0 Å². The van der Waals surface area contributed by atoms with Gasteiger partial charge in [-0.25, -0.2) is 0 Å². The van der Waals surface area contributed by atoms with Gasteiger partial charge in [0.1, 0.15) is 12.3 Å². The molecule has 0 spiro atoms. The van der Waals surface area contributed by atoms with E-state index in [4.69, 9.17) is 4.42 Å². The lowest BCUT2D eigenvalue weighted by Gasteiger charge is -2.21. The minimum absolute atomic E-state index is 0.238. The van der Waals surface area contributed by atoms with Crippen LogP contribution in [0.2, 0.25) is 0 Å². The summed E-state index contributed by atoms with van der Waals surface area (Å²) in [5.41, 5.74) is 0.352. The van der Waals surface area contributed by atoms with E-state index in [1.165, 1.54) is 18.6 Å². The molecule has 6 nitrogen and oxygen atoms in total. The lowest BCUT2D eigenvalue weighted by molar-refractivity contribution is -0.134. The van der Waals surface area contributed by atoms with Gasteiger partial charge in [-0.15, -0.1) is 0 Å². The Morgan fingerprint density at radius 3 is 2.94 bits per heavy atom. The summed E-state index contributed by atoms with van der Waals surface area (Å²) in [5.74, 6) is -1.16. The summed E-state index contributed by atoms with van der Waals surface area (Å²) in [5, 5.41) is 4.69. The van der Waals surface area contributed by atoms with Crippen LogP contribution in [0.3, 0.4) is 0 Å². The largest absolute Gasteiger partial charge is 0.472 e. The zero-order valence-corrected chi connectivity index (χ0v) is 8.36. The fraction of sp³-hybridized carbons (Fsp3) is 0.300. The van der Waals surface area contributed by atoms with Crippen molar-refractivity contribution in [1.82, 2.24) is 10.6 Å². The number of hydrogen-bond acceptors (Lipinski definition) is 4. The van der Waals surface area contributed by atoms with Crippen molar-refractivity contribution in [2.75, 3.05) is 0 Å². The molecule has 0 aliphatic carbocycles. The number of carbonyl (C=O) groups excluding carboxylic acids is 3. The Labute approximate surface area is 91.0 Å². The molecule has 1 unspecified atom stereocenters. The molecule has 0 aromatic carbocycles. The Balaban J connectivity index is 1.97. The van der Waals surface area contributed by atoms with Crippen molar-refractivity contribution in [2.24, 2.45) is 0 Å². The molecule has 0 bridgehead atoms. The van der Waals surface area contributed by atoms with Crippen molar-refractivity contribution in [3.8, 4) is 0 Å². The van der Waals surface area contributed by atoms with Gasteiger partial charge in [-0.2, -0.15) is 0 Å². The smallest absolute Gasteiger partial charge is 0.255 e. The molecular formula is C10H10N2O4. The van der Waals surface area contributed by atoms with Gasteiger partial charge in [0.25, 0.3) is 5.91 Å². The number of imide groups is 1. The molecule has 1 aromatic rings. The van der Waals surface area contributed by atoms with Gasteiger partial charge in [0, 0.05) is 6.42 Å². The molecule has 1 aromatic heterocycles. The highest BCUT2D eigenvalue weighted by atomic mass is 16.3. The maximum Gasteiger partial charge on any atom is 0.255 e. The lowest BCUT2D eigenvalue weighted by atomic mass is 10.1. The first kappa shape index (κ1) is 10.4. The minimum atomic E-state index is -0.653. The molecule has 1 aliphatic heterocycles. The molecule has 1 fully saturated rings. The standard InChI is InChI=1S/C10H10N2O4/c13-8-2-1-7(10(15)12-8)11-9(14)6-3-4-16-5-6/h3-5,7H,1-2H2,(H,11,14)(H,12,13,15). The van der Waals surface area contributed by atoms with Crippen molar-refractivity contribution in [2.45, 2.75) is 18.9 Å². The van der Waals surface area contributed by atoms with Gasteiger partial charge in [0.15, 0.2) is 0 Å². The molecule has 0 radical (unpaired) electrons. The fourth-order valence-electron chi connectivity index (χ4n) is 1.47. The Bertz CT molecular complexity index is 424. The number of rotatable bonds is 2. The third kappa shape index (κ3) is 2.10. The summed E-state index contributed by atoms with van der Waals surface area (Å²) in [6, 6.07) is 0.849. The van der Waals surface area contributed by atoms with Crippen LogP contribution in [0, 0.1) is 0 Å². The zero-order chi connectivity index (χ0) is 11.5. The lowest BCUT2D eigenvalue weighted by Crippen LogP contribution is -2.52. The van der Waals surface area contributed by atoms with E-state index in [0.29, 0.717) is 12.0 Å². The van der Waals surface area contributed by atoms with E-state index in [1.807, 2.05) is 0 Å². The number of furan rings is 1. The van der Waals surface area contributed by atoms with E-state index >= 15 is 0 Å². The predicted octanol–water partition coefficient (Wildman–Crippen LogP) is -0.185. The van der Waals surface area contributed by atoms with E-state index < -0.39 is 11.9 Å². The van der Waals surface area contributed by atoms with Crippen LogP contribution in [0.1, 0.15) is 23.2 Å². The number of hydrogen-bond donors (Lipinski definition) is 2. The fourth-order valence-corrected chi connectivity index (χ4v) is 1.47. The summed E-state index contributed by atoms with van der Waals surface area (Å²) >= 11 is 0. The quantitative estimate of drug-likeness (QED) is 0.679. The number of piperidine rings is 1. The number of amides is 3. The maximum absolute atomic E-state index is 11.6. The highest BCUT2D eigenvalue weighted by Gasteiger charge is 2.28. The highest BCUT2D eigenvalue weighted by molar-refractivity contribution is 6.03. The predicted molar refractivity (Wildman–Crippen MR) is 52.3 cm³/mol. The Kier molecular flexibility index (Phi) is 2.72. The van der Waals surface area contributed by atoms with Crippen LogP contribution in [0.4, 0.5) is 0 Å². The average molecular weight is 222 g/mol. The first-order valence-electron chi connectivity index (χ1n) is 4.83. The minimum Gasteiger partial charge on any atom is -0.472 e. The van der Waals surface area contributed by atoms with Crippen molar-refractivity contribution < 1.29 is 18.8 Å². The third-order valence-corrected chi connectivity index (χ3v) is 2.33. The molecule has 6 heteroatoms. The van der Waals surface area contributed by atoms with Crippen LogP contribution < -0.4 is 10.6 Å². The molecule has 16 heavy (non-hydrogen) atoms. The van der Waals surface area contributed by atoms with Gasteiger partial charge in [-0.3, -0.25) is 19.7 Å². The normalized spacial score (nSPS) is 20.4. The van der Waals surface area contributed by atoms with E-state index in [1.54, 1.807) is 0 Å². The van der Waals surface area contributed by atoms with Gasteiger partial charge in [-0.1, -0.05) is 0 Å². The van der Waals surface area contributed by atoms with E-state index in [2.05, 4.69) is 10.6 Å². The van der Waals surface area contributed by atoms with Crippen LogP contribution >= 0.6 is 0 Å². The second-order valence-corrected chi connectivity index (χ2v) is 3.49. The molecule has 2 heterocycles. The summed E-state index contributed by atoms with van der Waals surface area (Å²) in [6.45, 7) is 0. The second-order valence-electron chi connectivity index (χ2n) is 3.49. The molecule has 1 aliphatic rings. The van der Waals surface area contributed by atoms with Crippen molar-refractivity contribution in [3.63, 3.8) is 0 Å². The first-order valence-corrected chi connectivity index (χ1v) is 4.83. The molecule has 1 saturated heterocycles. The molecule has 84 valence electrons. The van der Waals surface area contributed by atoms with Crippen LogP contribution in [-0.2, 0) is 9.59 Å². The van der Waals surface area contributed by atoms with Gasteiger partial charge in [0.05, 0.1) is 11.8 Å². The van der Waals surface area contributed by atoms with Gasteiger partial charge < -0.3 is 9.73 Å². The molecular weight excluding hydrogens is 212 g/mol. The Hall–Kier alpha value is -2.11. The van der Waals surface area contributed by atoms with Crippen LogP contribution in [0.15, 0.2) is 23.0 Å². The van der Waals surface area contributed by atoms with E-state index in [9.17, 15) is 14.4 Å². The highest BCUT2D eigenvalue weighted by Crippen LogP contribution is 2.06. The van der Waals surface area contributed by atoms with Crippen molar-refractivity contribution >= 4 is 17.7 Å². The maximum atomic E-state index is 11.6. The molecule has 2 rings (SSSR count). The SMILES string of the molecule is O=C1CCC(NC(=O)c2ccoc2)C(=O)N1. The van der Waals surface area contributed by atoms with E-state index in [-0.39, 0.29) is 18.2 Å². The molecule has 2 N–H and O–H groups in total. The second kappa shape index (κ2) is 4.18. The third-order valence-electron chi connectivity index (χ3n) is 2.33. The Morgan fingerprint density at radius 2 is 2.31 bits per heavy atom. The molecule has 3 amide bonds. The number of nitrogens with one attached hydrogen (secondary N) is 2. The summed E-state index contributed by atoms with van der Waals surface area (Å²) in [4.78, 5) is 33.8. The molecule has 0 saturated carbocycles. The summed E-state index contributed by atoms with van der Waals surface area (Å²) < 4.78 is 4.75. The van der Waals surface area contributed by atoms with Gasteiger partial charge >= 0.3 is 0 Å². The van der Waals surface area contributed by atoms with Crippen LogP contribution in [0.5, 0.6) is 0 Å². The Morgan fingerprint density at radius 1 is 1.50 bits per heavy atom. The summed E-state index contributed by atoms with van der Waals surface area (Å²) in [7, 11) is 0.